The Kier molecular flexibility index (Phi) is 6.28. The maximum absolute atomic E-state index is 11.7. The molecular weight excluding hydrogens is 368 g/mol. The lowest BCUT2D eigenvalue weighted by atomic mass is 10.00. The Morgan fingerprint density at radius 2 is 1.11 bits per heavy atom. The molecule has 2 aromatic rings. The maximum atomic E-state index is 11.7. The van der Waals surface area contributed by atoms with Crippen LogP contribution in [-0.2, 0) is 9.59 Å². The number of aliphatic carboxylic acids is 2. The summed E-state index contributed by atoms with van der Waals surface area (Å²) in [4.78, 5) is 23.4. The molecule has 0 heterocycles. The molecule has 0 radical (unpaired) electrons. The molecule has 2 rings (SSSR count). The van der Waals surface area contributed by atoms with Gasteiger partial charge in [0.2, 0.25) is 0 Å². The van der Waals surface area contributed by atoms with Crippen molar-refractivity contribution in [1.29, 1.82) is 0 Å². The highest BCUT2D eigenvalue weighted by molar-refractivity contribution is 6.11. The highest BCUT2D eigenvalue weighted by atomic mass is 16.5. The number of hydrogen-bond donors (Lipinski definition) is 4. The van der Waals surface area contributed by atoms with Gasteiger partial charge in [-0.2, -0.15) is 0 Å². The average Bonchev–Trinajstić information content (AvgIpc) is 2.66. The van der Waals surface area contributed by atoms with Gasteiger partial charge in [-0.3, -0.25) is 0 Å². The molecule has 2 aromatic carbocycles. The molecule has 0 aliphatic heterocycles. The second kappa shape index (κ2) is 8.63. The zero-order chi connectivity index (χ0) is 20.8. The molecule has 28 heavy (non-hydrogen) atoms. The lowest BCUT2D eigenvalue weighted by Gasteiger charge is -2.08. The fourth-order valence-corrected chi connectivity index (χ4v) is 2.41. The van der Waals surface area contributed by atoms with Gasteiger partial charge >= 0.3 is 11.9 Å². The van der Waals surface area contributed by atoms with E-state index in [2.05, 4.69) is 0 Å². The van der Waals surface area contributed by atoms with Crippen LogP contribution in [0.1, 0.15) is 11.1 Å². The fourth-order valence-electron chi connectivity index (χ4n) is 2.41. The number of aromatic hydroxyl groups is 2. The zero-order valence-electron chi connectivity index (χ0n) is 15.0. The van der Waals surface area contributed by atoms with Gasteiger partial charge in [0.05, 0.1) is 25.4 Å². The first kappa shape index (κ1) is 20.4. The topological polar surface area (TPSA) is 134 Å². The molecular formula is C20H18O8. The van der Waals surface area contributed by atoms with Gasteiger partial charge in [0, 0.05) is 0 Å². The first-order valence-electron chi connectivity index (χ1n) is 7.91. The van der Waals surface area contributed by atoms with Gasteiger partial charge in [-0.15, -0.1) is 0 Å². The van der Waals surface area contributed by atoms with Crippen LogP contribution in [0.2, 0.25) is 0 Å². The van der Waals surface area contributed by atoms with Crippen LogP contribution in [0.5, 0.6) is 23.0 Å². The number of phenols is 2. The quantitative estimate of drug-likeness (QED) is 0.422. The molecule has 0 fully saturated rings. The molecule has 0 aliphatic carbocycles. The van der Waals surface area contributed by atoms with E-state index in [9.17, 15) is 30.0 Å². The number of hydrogen-bond acceptors (Lipinski definition) is 6. The Morgan fingerprint density at radius 1 is 0.750 bits per heavy atom. The lowest BCUT2D eigenvalue weighted by molar-refractivity contribution is -0.136. The van der Waals surface area contributed by atoms with Crippen LogP contribution >= 0.6 is 0 Å². The van der Waals surface area contributed by atoms with Gasteiger partial charge in [0.15, 0.2) is 23.0 Å². The third-order valence-electron chi connectivity index (χ3n) is 3.78. The first-order chi connectivity index (χ1) is 13.3. The predicted molar refractivity (Wildman–Crippen MR) is 101 cm³/mol. The minimum Gasteiger partial charge on any atom is -0.504 e. The van der Waals surface area contributed by atoms with Crippen molar-refractivity contribution >= 4 is 24.1 Å². The Labute approximate surface area is 160 Å². The van der Waals surface area contributed by atoms with Crippen molar-refractivity contribution in [2.24, 2.45) is 0 Å². The van der Waals surface area contributed by atoms with Crippen LogP contribution < -0.4 is 9.47 Å². The average molecular weight is 386 g/mol. The van der Waals surface area contributed by atoms with E-state index in [0.717, 1.165) is 12.2 Å². The van der Waals surface area contributed by atoms with E-state index in [1.165, 1.54) is 50.6 Å². The Hall–Kier alpha value is -3.94. The van der Waals surface area contributed by atoms with E-state index in [1.54, 1.807) is 0 Å². The smallest absolute Gasteiger partial charge is 0.336 e. The van der Waals surface area contributed by atoms with Gasteiger partial charge < -0.3 is 29.9 Å². The number of rotatable bonds is 7. The summed E-state index contributed by atoms with van der Waals surface area (Å²) >= 11 is 0. The summed E-state index contributed by atoms with van der Waals surface area (Å²) in [5.41, 5.74) is -0.315. The Bertz CT molecular complexity index is 893. The summed E-state index contributed by atoms with van der Waals surface area (Å²) in [5, 5.41) is 38.4. The summed E-state index contributed by atoms with van der Waals surface area (Å²) in [6.07, 6.45) is 2.31. The van der Waals surface area contributed by atoms with Gasteiger partial charge in [-0.1, -0.05) is 12.1 Å². The van der Waals surface area contributed by atoms with E-state index in [1.807, 2.05) is 0 Å². The maximum Gasteiger partial charge on any atom is 0.336 e. The Balaban J connectivity index is 2.60. The minimum absolute atomic E-state index is 0.114. The second-order valence-electron chi connectivity index (χ2n) is 5.59. The van der Waals surface area contributed by atoms with Crippen molar-refractivity contribution in [2.75, 3.05) is 14.2 Å². The molecule has 146 valence electrons. The van der Waals surface area contributed by atoms with Crippen LogP contribution in [0.3, 0.4) is 0 Å². The van der Waals surface area contributed by atoms with E-state index >= 15 is 0 Å². The zero-order valence-corrected chi connectivity index (χ0v) is 15.0. The van der Waals surface area contributed by atoms with Gasteiger partial charge in [-0.05, 0) is 47.5 Å². The number of ether oxygens (including phenoxy) is 2. The molecule has 8 heteroatoms. The summed E-state index contributed by atoms with van der Waals surface area (Å²) in [6.45, 7) is 0. The van der Waals surface area contributed by atoms with Crippen molar-refractivity contribution < 1.29 is 39.5 Å². The molecule has 8 nitrogen and oxygen atoms in total. The summed E-state index contributed by atoms with van der Waals surface area (Å²) in [7, 11) is 2.67. The molecule has 0 bridgehead atoms. The van der Waals surface area contributed by atoms with Crippen LogP contribution in [-0.4, -0.2) is 46.6 Å². The third-order valence-corrected chi connectivity index (χ3v) is 3.78. The van der Waals surface area contributed by atoms with Crippen LogP contribution in [0.15, 0.2) is 47.5 Å². The largest absolute Gasteiger partial charge is 0.504 e. The van der Waals surface area contributed by atoms with Crippen LogP contribution in [0, 0.1) is 0 Å². The van der Waals surface area contributed by atoms with Crippen molar-refractivity contribution in [2.45, 2.75) is 0 Å². The molecule has 4 N–H and O–H groups in total. The monoisotopic (exact) mass is 386 g/mol. The highest BCUT2D eigenvalue weighted by Crippen LogP contribution is 2.30. The fraction of sp³-hybridized carbons (Fsp3) is 0.100. The second-order valence-corrected chi connectivity index (χ2v) is 5.59. The van der Waals surface area contributed by atoms with Gasteiger partial charge in [0.25, 0.3) is 0 Å². The van der Waals surface area contributed by atoms with Crippen LogP contribution in [0.4, 0.5) is 0 Å². The molecule has 0 atom stereocenters. The molecule has 0 aromatic heterocycles. The summed E-state index contributed by atoms with van der Waals surface area (Å²) in [6, 6.07) is 8.20. The normalized spacial score (nSPS) is 11.8. The number of carboxylic acids is 2. The lowest BCUT2D eigenvalue weighted by Crippen LogP contribution is -2.11. The summed E-state index contributed by atoms with van der Waals surface area (Å²) < 4.78 is 9.95. The standard InChI is InChI=1S/C20H18O8/c1-27-17-9-11(3-5-15(17)21)7-13(19(23)24)14(20(25)26)8-12-4-6-16(22)18(10-12)28-2/h3-10,21-22H,1-2H3,(H,23,24)(H,25,26)/b13-7-,14-8+. The summed E-state index contributed by atoms with van der Waals surface area (Å²) in [5.74, 6) is -2.95. The van der Waals surface area contributed by atoms with Crippen molar-refractivity contribution in [1.82, 2.24) is 0 Å². The van der Waals surface area contributed by atoms with Crippen molar-refractivity contribution in [3.63, 3.8) is 0 Å². The number of carbonyl (C=O) groups is 2. The third kappa shape index (κ3) is 4.61. The SMILES string of the molecule is COc1cc(/C=C(C(=O)O)/C(=C\c2ccc(O)c(OC)c2)C(=O)O)ccc1O. The first-order valence-corrected chi connectivity index (χ1v) is 7.91. The molecule has 0 saturated heterocycles. The minimum atomic E-state index is -1.45. The number of carboxylic acid groups (broad SMARTS) is 2. The predicted octanol–water partition coefficient (Wildman–Crippen LogP) is 2.75. The van der Waals surface area contributed by atoms with Gasteiger partial charge in [-0.25, -0.2) is 9.59 Å². The van der Waals surface area contributed by atoms with Crippen molar-refractivity contribution in [3.8, 4) is 23.0 Å². The molecule has 0 saturated carbocycles. The van der Waals surface area contributed by atoms with Crippen molar-refractivity contribution in [3.05, 3.63) is 58.7 Å². The van der Waals surface area contributed by atoms with E-state index < -0.39 is 23.1 Å². The number of methoxy groups -OCH3 is 2. The van der Waals surface area contributed by atoms with E-state index in [4.69, 9.17) is 9.47 Å². The van der Waals surface area contributed by atoms with Gasteiger partial charge in [0.1, 0.15) is 0 Å². The number of phenolic OH excluding ortho intramolecular Hbond substituents is 2. The number of benzene rings is 2. The van der Waals surface area contributed by atoms with Crippen LogP contribution in [0.25, 0.3) is 12.2 Å². The molecule has 0 amide bonds. The molecule has 0 aliphatic rings. The Morgan fingerprint density at radius 3 is 1.39 bits per heavy atom. The highest BCUT2D eigenvalue weighted by Gasteiger charge is 2.20. The van der Waals surface area contributed by atoms with E-state index in [-0.39, 0.29) is 23.0 Å². The molecule has 0 spiro atoms. The van der Waals surface area contributed by atoms with E-state index in [0.29, 0.717) is 11.1 Å². The molecule has 0 unspecified atom stereocenters.